The molecule has 0 aliphatic carbocycles. The van der Waals surface area contributed by atoms with E-state index in [0.29, 0.717) is 29.2 Å². The van der Waals surface area contributed by atoms with Crippen molar-refractivity contribution in [3.8, 4) is 11.6 Å². The van der Waals surface area contributed by atoms with E-state index in [1.54, 1.807) is 36.4 Å². The van der Waals surface area contributed by atoms with E-state index in [0.717, 1.165) is 0 Å². The summed E-state index contributed by atoms with van der Waals surface area (Å²) in [7, 11) is 1.51. The van der Waals surface area contributed by atoms with E-state index in [4.69, 9.17) is 9.47 Å². The number of nitrogens with zero attached hydrogens (tertiary/aromatic N) is 1. The number of benzene rings is 1. The number of nitrogens with one attached hydrogen (secondary N) is 1. The quantitative estimate of drug-likeness (QED) is 0.821. The molecular formula is C15H14N2O4. The van der Waals surface area contributed by atoms with Gasteiger partial charge in [-0.25, -0.2) is 4.98 Å². The van der Waals surface area contributed by atoms with Crippen molar-refractivity contribution in [3.05, 3.63) is 48.2 Å². The molecule has 0 bridgehead atoms. The zero-order chi connectivity index (χ0) is 15.1. The number of ether oxygens (including phenoxy) is 2. The number of carbonyl (C=O) groups is 2. The minimum absolute atomic E-state index is 0.198. The van der Waals surface area contributed by atoms with E-state index in [1.807, 2.05) is 0 Å². The Morgan fingerprint density at radius 2 is 2.10 bits per heavy atom. The number of aromatic nitrogens is 1. The van der Waals surface area contributed by atoms with Gasteiger partial charge in [0.2, 0.25) is 5.88 Å². The molecule has 1 aromatic heterocycles. The van der Waals surface area contributed by atoms with Crippen LogP contribution in [0.2, 0.25) is 0 Å². The highest BCUT2D eigenvalue weighted by atomic mass is 16.5. The fourth-order valence-electron chi connectivity index (χ4n) is 1.62. The first kappa shape index (κ1) is 14.5. The Labute approximate surface area is 121 Å². The van der Waals surface area contributed by atoms with Crippen LogP contribution in [0.25, 0.3) is 0 Å². The molecule has 0 atom stereocenters. The Balaban J connectivity index is 1.91. The first-order valence-electron chi connectivity index (χ1n) is 6.20. The average molecular weight is 286 g/mol. The van der Waals surface area contributed by atoms with Crippen LogP contribution >= 0.6 is 0 Å². The number of rotatable bonds is 6. The summed E-state index contributed by atoms with van der Waals surface area (Å²) in [6, 6.07) is 10.0. The molecule has 0 fully saturated rings. The highest BCUT2D eigenvalue weighted by Crippen LogP contribution is 2.16. The number of hydrogen-bond donors (Lipinski definition) is 1. The van der Waals surface area contributed by atoms with Gasteiger partial charge in [-0.15, -0.1) is 0 Å². The fourth-order valence-corrected chi connectivity index (χ4v) is 1.62. The maximum atomic E-state index is 11.8. The minimum Gasteiger partial charge on any atom is -0.483 e. The maximum Gasteiger partial charge on any atom is 0.262 e. The van der Waals surface area contributed by atoms with Crippen LogP contribution in [0.3, 0.4) is 0 Å². The third kappa shape index (κ3) is 4.04. The first-order valence-corrected chi connectivity index (χ1v) is 6.20. The van der Waals surface area contributed by atoms with Crippen LogP contribution in [0.1, 0.15) is 10.4 Å². The van der Waals surface area contributed by atoms with Gasteiger partial charge in [0.15, 0.2) is 12.9 Å². The number of carbonyl (C=O) groups excluding carboxylic acids is 2. The third-order valence-corrected chi connectivity index (χ3v) is 2.63. The van der Waals surface area contributed by atoms with Gasteiger partial charge < -0.3 is 14.8 Å². The van der Waals surface area contributed by atoms with Gasteiger partial charge in [0.1, 0.15) is 5.75 Å². The minimum atomic E-state index is -0.345. The lowest BCUT2D eigenvalue weighted by Crippen LogP contribution is -2.20. The number of hydrogen-bond acceptors (Lipinski definition) is 5. The van der Waals surface area contributed by atoms with Gasteiger partial charge >= 0.3 is 0 Å². The molecule has 1 N–H and O–H groups in total. The second-order valence-corrected chi connectivity index (χ2v) is 4.08. The van der Waals surface area contributed by atoms with Gasteiger partial charge in [0, 0.05) is 6.07 Å². The molecule has 1 heterocycles. The lowest BCUT2D eigenvalue weighted by atomic mass is 10.2. The van der Waals surface area contributed by atoms with Gasteiger partial charge in [-0.1, -0.05) is 12.1 Å². The molecule has 0 aliphatic rings. The highest BCUT2D eigenvalue weighted by molar-refractivity contribution is 5.91. The summed E-state index contributed by atoms with van der Waals surface area (Å²) in [5.74, 6) is 0.488. The van der Waals surface area contributed by atoms with E-state index in [9.17, 15) is 9.59 Å². The second-order valence-electron chi connectivity index (χ2n) is 4.08. The first-order chi connectivity index (χ1) is 10.2. The molecule has 0 spiro atoms. The molecule has 1 amide bonds. The summed E-state index contributed by atoms with van der Waals surface area (Å²) in [6.07, 6.45) is 2.16. The zero-order valence-electron chi connectivity index (χ0n) is 11.4. The van der Waals surface area contributed by atoms with E-state index in [-0.39, 0.29) is 12.5 Å². The summed E-state index contributed by atoms with van der Waals surface area (Å²) < 4.78 is 10.2. The fraction of sp³-hybridized carbons (Fsp3) is 0.133. The molecule has 0 aliphatic heterocycles. The van der Waals surface area contributed by atoms with Crippen molar-refractivity contribution in [2.24, 2.45) is 0 Å². The van der Waals surface area contributed by atoms with Gasteiger partial charge in [-0.05, 0) is 18.2 Å². The molecule has 0 unspecified atom stereocenters. The van der Waals surface area contributed by atoms with Crippen molar-refractivity contribution in [2.75, 3.05) is 19.0 Å². The summed E-state index contributed by atoms with van der Waals surface area (Å²) >= 11 is 0. The van der Waals surface area contributed by atoms with E-state index >= 15 is 0 Å². The number of anilines is 1. The second kappa shape index (κ2) is 7.04. The molecule has 6 nitrogen and oxygen atoms in total. The maximum absolute atomic E-state index is 11.8. The number of para-hydroxylation sites is 1. The third-order valence-electron chi connectivity index (χ3n) is 2.63. The smallest absolute Gasteiger partial charge is 0.262 e. The molecule has 6 heteroatoms. The van der Waals surface area contributed by atoms with Gasteiger partial charge in [-0.3, -0.25) is 9.59 Å². The molecule has 1 aromatic carbocycles. The van der Waals surface area contributed by atoms with Gasteiger partial charge in [0.25, 0.3) is 5.91 Å². The SMILES string of the molecule is COc1ccc(NC(=O)COc2ccccc2C=O)cn1. The topological polar surface area (TPSA) is 77.5 Å². The van der Waals surface area contributed by atoms with Crippen molar-refractivity contribution in [2.45, 2.75) is 0 Å². The van der Waals surface area contributed by atoms with Crippen LogP contribution < -0.4 is 14.8 Å². The van der Waals surface area contributed by atoms with Crippen molar-refractivity contribution in [3.63, 3.8) is 0 Å². The van der Waals surface area contributed by atoms with Crippen LogP contribution in [0, 0.1) is 0 Å². The number of aldehydes is 1. The van der Waals surface area contributed by atoms with Crippen molar-refractivity contribution in [1.29, 1.82) is 0 Å². The Bertz CT molecular complexity index is 626. The standard InChI is InChI=1S/C15H14N2O4/c1-20-15-7-6-12(8-16-15)17-14(19)10-21-13-5-3-2-4-11(13)9-18/h2-9H,10H2,1H3,(H,17,19). The summed E-state index contributed by atoms with van der Waals surface area (Å²) in [5.41, 5.74) is 0.935. The molecule has 2 rings (SSSR count). The summed E-state index contributed by atoms with van der Waals surface area (Å²) in [5, 5.41) is 2.63. The predicted octanol–water partition coefficient (Wildman–Crippen LogP) is 1.92. The Morgan fingerprint density at radius 3 is 2.76 bits per heavy atom. The van der Waals surface area contributed by atoms with Gasteiger partial charge in [0.05, 0.1) is 24.6 Å². The molecule has 108 valence electrons. The van der Waals surface area contributed by atoms with Crippen LogP contribution in [0.5, 0.6) is 11.6 Å². The van der Waals surface area contributed by atoms with Crippen LogP contribution in [0.15, 0.2) is 42.6 Å². The van der Waals surface area contributed by atoms with E-state index < -0.39 is 0 Å². The monoisotopic (exact) mass is 286 g/mol. The summed E-state index contributed by atoms with van der Waals surface area (Å²) in [4.78, 5) is 26.6. The van der Waals surface area contributed by atoms with E-state index in [1.165, 1.54) is 13.3 Å². The van der Waals surface area contributed by atoms with E-state index in [2.05, 4.69) is 10.3 Å². The molecule has 0 saturated heterocycles. The largest absolute Gasteiger partial charge is 0.483 e. The number of methoxy groups -OCH3 is 1. The highest BCUT2D eigenvalue weighted by Gasteiger charge is 2.07. The van der Waals surface area contributed by atoms with Crippen LogP contribution in [-0.2, 0) is 4.79 Å². The molecule has 21 heavy (non-hydrogen) atoms. The molecule has 0 radical (unpaired) electrons. The van der Waals surface area contributed by atoms with Crippen molar-refractivity contribution in [1.82, 2.24) is 4.98 Å². The zero-order valence-corrected chi connectivity index (χ0v) is 11.4. The van der Waals surface area contributed by atoms with Crippen molar-refractivity contribution < 1.29 is 19.1 Å². The Morgan fingerprint density at radius 1 is 1.29 bits per heavy atom. The lowest BCUT2D eigenvalue weighted by molar-refractivity contribution is -0.118. The Hall–Kier alpha value is -2.89. The summed E-state index contributed by atoms with van der Waals surface area (Å²) in [6.45, 7) is -0.198. The molecule has 2 aromatic rings. The number of pyridine rings is 1. The van der Waals surface area contributed by atoms with Crippen LogP contribution in [-0.4, -0.2) is 30.9 Å². The lowest BCUT2D eigenvalue weighted by Gasteiger charge is -2.09. The normalized spacial score (nSPS) is 9.76. The molecule has 0 saturated carbocycles. The van der Waals surface area contributed by atoms with Crippen LogP contribution in [0.4, 0.5) is 5.69 Å². The average Bonchev–Trinajstić information content (AvgIpc) is 2.54. The van der Waals surface area contributed by atoms with Crippen molar-refractivity contribution >= 4 is 17.9 Å². The predicted molar refractivity (Wildman–Crippen MR) is 76.7 cm³/mol. The van der Waals surface area contributed by atoms with Gasteiger partial charge in [-0.2, -0.15) is 0 Å². The number of amides is 1. The molecular weight excluding hydrogens is 272 g/mol. The Kier molecular flexibility index (Phi) is 4.87.